The smallest absolute Gasteiger partial charge is 0.276 e. The number of aromatic amines is 1. The Labute approximate surface area is 129 Å². The molecular weight excluding hydrogens is 280 g/mol. The summed E-state index contributed by atoms with van der Waals surface area (Å²) in [6.45, 7) is 5.61. The number of amides is 1. The highest BCUT2D eigenvalue weighted by molar-refractivity contribution is 5.79. The van der Waals surface area contributed by atoms with Crippen molar-refractivity contribution in [2.45, 2.75) is 39.5 Å². The average molecular weight is 302 g/mol. The van der Waals surface area contributed by atoms with Gasteiger partial charge in [-0.25, -0.2) is 9.50 Å². The number of hydrogen-bond acceptors (Lipinski definition) is 3. The van der Waals surface area contributed by atoms with Crippen molar-refractivity contribution in [1.82, 2.24) is 19.5 Å². The van der Waals surface area contributed by atoms with E-state index >= 15 is 0 Å². The second-order valence-corrected chi connectivity index (χ2v) is 6.23. The minimum atomic E-state index is -0.177. The van der Waals surface area contributed by atoms with Crippen LogP contribution < -0.4 is 5.56 Å². The van der Waals surface area contributed by atoms with Crippen molar-refractivity contribution in [3.05, 3.63) is 33.9 Å². The van der Waals surface area contributed by atoms with Crippen molar-refractivity contribution in [1.29, 1.82) is 0 Å². The summed E-state index contributed by atoms with van der Waals surface area (Å²) in [5.74, 6) is 0.699. The van der Waals surface area contributed by atoms with E-state index in [0.717, 1.165) is 25.9 Å². The fourth-order valence-corrected chi connectivity index (χ4v) is 3.08. The highest BCUT2D eigenvalue weighted by Gasteiger charge is 2.21. The molecule has 1 aliphatic rings. The zero-order valence-electron chi connectivity index (χ0n) is 13.1. The van der Waals surface area contributed by atoms with Crippen molar-refractivity contribution in [2.75, 3.05) is 13.1 Å². The number of nitrogens with one attached hydrogen (secondary N) is 1. The highest BCUT2D eigenvalue weighted by atomic mass is 16.2. The van der Waals surface area contributed by atoms with Crippen molar-refractivity contribution in [3.63, 3.8) is 0 Å². The maximum absolute atomic E-state index is 12.5. The standard InChI is InChI=1S/C16H22N4O2/c1-11-4-3-8-19(9-6-11)15(21)10-13-12(2)18-14-5-7-17-20(14)16(13)22/h5,7,11,17H,3-4,6,8-10H2,1-2H3. The van der Waals surface area contributed by atoms with Gasteiger partial charge in [0.2, 0.25) is 5.91 Å². The molecule has 2 aromatic heterocycles. The molecule has 2 aromatic rings. The van der Waals surface area contributed by atoms with E-state index in [1.54, 1.807) is 19.2 Å². The number of fused-ring (bicyclic) bond motifs is 1. The van der Waals surface area contributed by atoms with Crippen LogP contribution in [-0.4, -0.2) is 38.5 Å². The van der Waals surface area contributed by atoms with Gasteiger partial charge in [-0.3, -0.25) is 14.7 Å². The molecule has 1 unspecified atom stereocenters. The fraction of sp³-hybridized carbons (Fsp3) is 0.562. The van der Waals surface area contributed by atoms with Crippen molar-refractivity contribution in [3.8, 4) is 0 Å². The van der Waals surface area contributed by atoms with Crippen molar-refractivity contribution in [2.24, 2.45) is 5.92 Å². The molecule has 0 saturated carbocycles. The summed E-state index contributed by atoms with van der Waals surface area (Å²) < 4.78 is 1.39. The molecule has 3 rings (SSSR count). The predicted octanol–water partition coefficient (Wildman–Crippen LogP) is 1.52. The molecule has 0 bridgehead atoms. The largest absolute Gasteiger partial charge is 0.342 e. The molecule has 1 atom stereocenters. The van der Waals surface area contributed by atoms with Crippen LogP contribution in [0.15, 0.2) is 17.1 Å². The summed E-state index contributed by atoms with van der Waals surface area (Å²) in [7, 11) is 0. The summed E-state index contributed by atoms with van der Waals surface area (Å²) in [4.78, 5) is 31.3. The molecule has 1 saturated heterocycles. The summed E-state index contributed by atoms with van der Waals surface area (Å²) in [6.07, 6.45) is 5.05. The maximum Gasteiger partial charge on any atom is 0.276 e. The molecule has 3 heterocycles. The third-order valence-corrected chi connectivity index (χ3v) is 4.54. The second kappa shape index (κ2) is 5.94. The molecule has 1 amide bonds. The summed E-state index contributed by atoms with van der Waals surface area (Å²) in [5, 5.41) is 2.84. The van der Waals surface area contributed by atoms with Crippen LogP contribution in [-0.2, 0) is 11.2 Å². The van der Waals surface area contributed by atoms with E-state index in [-0.39, 0.29) is 17.9 Å². The van der Waals surface area contributed by atoms with E-state index in [1.165, 1.54) is 10.9 Å². The van der Waals surface area contributed by atoms with Gasteiger partial charge >= 0.3 is 0 Å². The number of hydrogen-bond donors (Lipinski definition) is 1. The Hall–Kier alpha value is -2.11. The van der Waals surface area contributed by atoms with Crippen LogP contribution in [0.5, 0.6) is 0 Å². The monoisotopic (exact) mass is 302 g/mol. The summed E-state index contributed by atoms with van der Waals surface area (Å²) in [6, 6.07) is 1.75. The van der Waals surface area contributed by atoms with E-state index in [1.807, 2.05) is 4.90 Å². The van der Waals surface area contributed by atoms with E-state index < -0.39 is 0 Å². The number of aromatic nitrogens is 3. The normalized spacial score (nSPS) is 19.4. The van der Waals surface area contributed by atoms with Crippen LogP contribution in [0.3, 0.4) is 0 Å². The first kappa shape index (κ1) is 14.8. The number of aryl methyl sites for hydroxylation is 1. The first-order chi connectivity index (χ1) is 10.6. The van der Waals surface area contributed by atoms with Gasteiger partial charge < -0.3 is 4.90 Å². The van der Waals surface area contributed by atoms with Gasteiger partial charge in [0.1, 0.15) is 0 Å². The van der Waals surface area contributed by atoms with Gasteiger partial charge in [0, 0.05) is 36.6 Å². The lowest BCUT2D eigenvalue weighted by Crippen LogP contribution is -2.35. The van der Waals surface area contributed by atoms with E-state index in [4.69, 9.17) is 0 Å². The Bertz CT molecular complexity index is 746. The lowest BCUT2D eigenvalue weighted by atomic mass is 10.0. The number of nitrogens with zero attached hydrogens (tertiary/aromatic N) is 3. The number of rotatable bonds is 2. The van der Waals surface area contributed by atoms with E-state index in [0.29, 0.717) is 22.8 Å². The molecular formula is C16H22N4O2. The molecule has 1 aliphatic heterocycles. The Morgan fingerprint density at radius 3 is 3.05 bits per heavy atom. The topological polar surface area (TPSA) is 70.5 Å². The number of likely N-dealkylation sites (tertiary alicyclic amines) is 1. The molecule has 22 heavy (non-hydrogen) atoms. The van der Waals surface area contributed by atoms with Crippen LogP contribution in [0.25, 0.3) is 5.65 Å². The Balaban J connectivity index is 1.83. The zero-order chi connectivity index (χ0) is 15.7. The molecule has 1 N–H and O–H groups in total. The molecule has 0 spiro atoms. The minimum absolute atomic E-state index is 0.0302. The van der Waals surface area contributed by atoms with Gasteiger partial charge in [0.25, 0.3) is 5.56 Å². The van der Waals surface area contributed by atoms with Crippen LogP contribution in [0.4, 0.5) is 0 Å². The van der Waals surface area contributed by atoms with E-state index in [9.17, 15) is 9.59 Å². The minimum Gasteiger partial charge on any atom is -0.342 e. The quantitative estimate of drug-likeness (QED) is 0.914. The lowest BCUT2D eigenvalue weighted by molar-refractivity contribution is -0.130. The third-order valence-electron chi connectivity index (χ3n) is 4.54. The van der Waals surface area contributed by atoms with Crippen LogP contribution in [0, 0.1) is 12.8 Å². The zero-order valence-corrected chi connectivity index (χ0v) is 13.1. The van der Waals surface area contributed by atoms with Crippen LogP contribution in [0.2, 0.25) is 0 Å². The number of carbonyl (C=O) groups is 1. The van der Waals surface area contributed by atoms with Gasteiger partial charge in [0.05, 0.1) is 6.42 Å². The molecule has 118 valence electrons. The Kier molecular flexibility index (Phi) is 4.00. The average Bonchev–Trinajstić information content (AvgIpc) is 2.84. The summed E-state index contributed by atoms with van der Waals surface area (Å²) in [5.41, 5.74) is 1.54. The summed E-state index contributed by atoms with van der Waals surface area (Å²) >= 11 is 0. The van der Waals surface area contributed by atoms with Crippen molar-refractivity contribution >= 4 is 11.6 Å². The molecule has 0 aliphatic carbocycles. The predicted molar refractivity (Wildman–Crippen MR) is 83.8 cm³/mol. The molecule has 0 aromatic carbocycles. The molecule has 0 radical (unpaired) electrons. The van der Waals surface area contributed by atoms with Gasteiger partial charge in [-0.2, -0.15) is 0 Å². The van der Waals surface area contributed by atoms with Gasteiger partial charge in [-0.15, -0.1) is 0 Å². The lowest BCUT2D eigenvalue weighted by Gasteiger charge is -2.20. The van der Waals surface area contributed by atoms with E-state index in [2.05, 4.69) is 17.0 Å². The molecule has 6 heteroatoms. The fourth-order valence-electron chi connectivity index (χ4n) is 3.08. The van der Waals surface area contributed by atoms with Gasteiger partial charge in [0.15, 0.2) is 5.65 Å². The highest BCUT2D eigenvalue weighted by Crippen LogP contribution is 2.17. The Morgan fingerprint density at radius 2 is 2.23 bits per heavy atom. The van der Waals surface area contributed by atoms with Gasteiger partial charge in [-0.05, 0) is 32.1 Å². The van der Waals surface area contributed by atoms with Gasteiger partial charge in [-0.1, -0.05) is 6.92 Å². The molecule has 6 nitrogen and oxygen atoms in total. The Morgan fingerprint density at radius 1 is 1.41 bits per heavy atom. The first-order valence-electron chi connectivity index (χ1n) is 7.89. The van der Waals surface area contributed by atoms with Crippen LogP contribution >= 0.6 is 0 Å². The second-order valence-electron chi connectivity index (χ2n) is 6.23. The SMILES string of the molecule is Cc1nc2cc[nH]n2c(=O)c1CC(=O)N1CCCC(C)CC1. The van der Waals surface area contributed by atoms with Crippen LogP contribution in [0.1, 0.15) is 37.4 Å². The molecule has 1 fully saturated rings. The number of carbonyl (C=O) groups excluding carboxylic acids is 1. The first-order valence-corrected chi connectivity index (χ1v) is 7.89. The van der Waals surface area contributed by atoms with Crippen molar-refractivity contribution < 1.29 is 4.79 Å². The number of H-pyrrole nitrogens is 1. The maximum atomic E-state index is 12.5. The third kappa shape index (κ3) is 2.77.